The second-order valence-electron chi connectivity index (χ2n) is 6.02. The third-order valence-electron chi connectivity index (χ3n) is 3.86. The number of hydrogen-bond acceptors (Lipinski definition) is 4. The fraction of sp³-hybridized carbons (Fsp3) is 0.786. The number of nitrogens with one attached hydrogen (secondary N) is 1. The molecule has 1 fully saturated rings. The van der Waals surface area contributed by atoms with Crippen LogP contribution >= 0.6 is 0 Å². The summed E-state index contributed by atoms with van der Waals surface area (Å²) in [4.78, 5) is 15.2. The zero-order chi connectivity index (χ0) is 14.5. The summed E-state index contributed by atoms with van der Waals surface area (Å²) in [7, 11) is 0. The summed E-state index contributed by atoms with van der Waals surface area (Å²) < 4.78 is 1.94. The molecule has 6 nitrogen and oxygen atoms in total. The van der Waals surface area contributed by atoms with E-state index in [2.05, 4.69) is 29.2 Å². The molecule has 0 bridgehead atoms. The van der Waals surface area contributed by atoms with Crippen LogP contribution < -0.4 is 5.32 Å². The molecular weight excluding hydrogens is 256 g/mol. The van der Waals surface area contributed by atoms with Crippen molar-refractivity contribution in [2.24, 2.45) is 11.8 Å². The SMILES string of the molecule is CC(C)Cn1ncnc1CNC1CCC(C(=O)O)CC1. The summed E-state index contributed by atoms with van der Waals surface area (Å²) in [6, 6.07) is 0.398. The standard InChI is InChI=1S/C14H24N4O2/c1-10(2)8-18-13(16-9-17-18)7-15-12-5-3-11(4-6-12)14(19)20/h9-12,15H,3-8H2,1-2H3,(H,19,20). The molecule has 0 aromatic carbocycles. The molecule has 1 heterocycles. The first-order valence-corrected chi connectivity index (χ1v) is 7.39. The van der Waals surface area contributed by atoms with Gasteiger partial charge in [-0.3, -0.25) is 4.79 Å². The Morgan fingerprint density at radius 1 is 1.45 bits per heavy atom. The summed E-state index contributed by atoms with van der Waals surface area (Å²) in [5.41, 5.74) is 0. The van der Waals surface area contributed by atoms with E-state index in [0.717, 1.165) is 38.1 Å². The van der Waals surface area contributed by atoms with Gasteiger partial charge in [-0.15, -0.1) is 0 Å². The number of aromatic nitrogens is 3. The van der Waals surface area contributed by atoms with Crippen LogP contribution in [0.3, 0.4) is 0 Å². The van der Waals surface area contributed by atoms with Crippen molar-refractivity contribution in [3.05, 3.63) is 12.2 Å². The molecule has 0 spiro atoms. The fourth-order valence-electron chi connectivity index (χ4n) is 2.70. The van der Waals surface area contributed by atoms with E-state index in [1.807, 2.05) is 4.68 Å². The third-order valence-corrected chi connectivity index (χ3v) is 3.86. The molecule has 0 atom stereocenters. The highest BCUT2D eigenvalue weighted by Crippen LogP contribution is 2.24. The van der Waals surface area contributed by atoms with E-state index in [1.54, 1.807) is 6.33 Å². The summed E-state index contributed by atoms with van der Waals surface area (Å²) in [5.74, 6) is 0.693. The maximum Gasteiger partial charge on any atom is 0.306 e. The Hall–Kier alpha value is -1.43. The Balaban J connectivity index is 1.79. The zero-order valence-corrected chi connectivity index (χ0v) is 12.2. The average Bonchev–Trinajstić information content (AvgIpc) is 2.83. The summed E-state index contributed by atoms with van der Waals surface area (Å²) in [6.45, 7) is 5.90. The number of aliphatic carboxylic acids is 1. The van der Waals surface area contributed by atoms with E-state index >= 15 is 0 Å². The average molecular weight is 280 g/mol. The van der Waals surface area contributed by atoms with Gasteiger partial charge in [0.1, 0.15) is 12.2 Å². The molecule has 0 unspecified atom stereocenters. The van der Waals surface area contributed by atoms with Crippen LogP contribution in [0, 0.1) is 11.8 Å². The second kappa shape index (κ2) is 6.83. The second-order valence-corrected chi connectivity index (χ2v) is 6.02. The molecule has 1 aliphatic carbocycles. The van der Waals surface area contributed by atoms with Crippen LogP contribution in [-0.2, 0) is 17.9 Å². The minimum Gasteiger partial charge on any atom is -0.481 e. The first kappa shape index (κ1) is 15.0. The molecule has 1 aromatic heterocycles. The summed E-state index contributed by atoms with van der Waals surface area (Å²) in [6.07, 6.45) is 4.99. The topological polar surface area (TPSA) is 80.0 Å². The fourth-order valence-corrected chi connectivity index (χ4v) is 2.70. The van der Waals surface area contributed by atoms with Gasteiger partial charge in [-0.1, -0.05) is 13.8 Å². The number of rotatable bonds is 6. The monoisotopic (exact) mass is 280 g/mol. The highest BCUT2D eigenvalue weighted by Gasteiger charge is 2.25. The van der Waals surface area contributed by atoms with Crippen LogP contribution in [0.5, 0.6) is 0 Å². The quantitative estimate of drug-likeness (QED) is 0.828. The zero-order valence-electron chi connectivity index (χ0n) is 12.2. The van der Waals surface area contributed by atoms with E-state index in [0.29, 0.717) is 18.5 Å². The van der Waals surface area contributed by atoms with Crippen LogP contribution in [0.15, 0.2) is 6.33 Å². The first-order chi connectivity index (χ1) is 9.56. The molecule has 2 N–H and O–H groups in total. The Morgan fingerprint density at radius 2 is 2.15 bits per heavy atom. The van der Waals surface area contributed by atoms with Gasteiger partial charge < -0.3 is 10.4 Å². The van der Waals surface area contributed by atoms with Gasteiger partial charge in [0.15, 0.2) is 0 Å². The van der Waals surface area contributed by atoms with Gasteiger partial charge in [-0.25, -0.2) is 9.67 Å². The lowest BCUT2D eigenvalue weighted by Crippen LogP contribution is -2.35. The molecule has 0 amide bonds. The molecule has 2 rings (SSSR count). The van der Waals surface area contributed by atoms with Gasteiger partial charge >= 0.3 is 5.97 Å². The van der Waals surface area contributed by atoms with Crippen molar-refractivity contribution >= 4 is 5.97 Å². The van der Waals surface area contributed by atoms with Crippen LogP contribution in [0.2, 0.25) is 0 Å². The number of hydrogen-bond donors (Lipinski definition) is 2. The molecule has 20 heavy (non-hydrogen) atoms. The van der Waals surface area contributed by atoms with E-state index in [9.17, 15) is 4.79 Å². The van der Waals surface area contributed by atoms with Gasteiger partial charge in [0, 0.05) is 12.6 Å². The minimum atomic E-state index is -0.653. The highest BCUT2D eigenvalue weighted by atomic mass is 16.4. The normalized spacial score (nSPS) is 23.1. The lowest BCUT2D eigenvalue weighted by atomic mass is 9.86. The number of carboxylic acid groups (broad SMARTS) is 1. The van der Waals surface area contributed by atoms with Gasteiger partial charge in [0.05, 0.1) is 12.5 Å². The summed E-state index contributed by atoms with van der Waals surface area (Å²) >= 11 is 0. The Kier molecular flexibility index (Phi) is 5.11. The lowest BCUT2D eigenvalue weighted by molar-refractivity contribution is -0.142. The molecular formula is C14H24N4O2. The molecule has 1 aliphatic rings. The Bertz CT molecular complexity index is 436. The first-order valence-electron chi connectivity index (χ1n) is 7.39. The summed E-state index contributed by atoms with van der Waals surface area (Å²) in [5, 5.41) is 16.7. The molecule has 0 aliphatic heterocycles. The van der Waals surface area contributed by atoms with Crippen LogP contribution in [-0.4, -0.2) is 31.9 Å². The van der Waals surface area contributed by atoms with Crippen LogP contribution in [0.1, 0.15) is 45.4 Å². The van der Waals surface area contributed by atoms with Crippen molar-refractivity contribution in [1.29, 1.82) is 0 Å². The molecule has 1 saturated carbocycles. The van der Waals surface area contributed by atoms with Crippen molar-refractivity contribution in [3.63, 3.8) is 0 Å². The van der Waals surface area contributed by atoms with Crippen molar-refractivity contribution in [3.8, 4) is 0 Å². The molecule has 1 aromatic rings. The molecule has 112 valence electrons. The largest absolute Gasteiger partial charge is 0.481 e. The third kappa shape index (κ3) is 4.03. The Labute approximate surface area is 119 Å². The molecule has 6 heteroatoms. The van der Waals surface area contributed by atoms with Crippen molar-refractivity contribution < 1.29 is 9.90 Å². The maximum atomic E-state index is 10.9. The van der Waals surface area contributed by atoms with Crippen LogP contribution in [0.25, 0.3) is 0 Å². The predicted molar refractivity (Wildman–Crippen MR) is 75.1 cm³/mol. The Morgan fingerprint density at radius 3 is 2.75 bits per heavy atom. The maximum absolute atomic E-state index is 10.9. The molecule has 0 radical (unpaired) electrons. The number of carboxylic acids is 1. The number of carbonyl (C=O) groups is 1. The van der Waals surface area contributed by atoms with Gasteiger partial charge in [-0.2, -0.15) is 5.10 Å². The van der Waals surface area contributed by atoms with Crippen LogP contribution in [0.4, 0.5) is 0 Å². The highest BCUT2D eigenvalue weighted by molar-refractivity contribution is 5.70. The van der Waals surface area contributed by atoms with E-state index in [4.69, 9.17) is 5.11 Å². The molecule has 0 saturated heterocycles. The van der Waals surface area contributed by atoms with Crippen molar-refractivity contribution in [1.82, 2.24) is 20.1 Å². The van der Waals surface area contributed by atoms with Crippen molar-refractivity contribution in [2.45, 2.75) is 58.7 Å². The van der Waals surface area contributed by atoms with Gasteiger partial charge in [-0.05, 0) is 31.6 Å². The predicted octanol–water partition coefficient (Wildman–Crippen LogP) is 1.67. The smallest absolute Gasteiger partial charge is 0.306 e. The minimum absolute atomic E-state index is 0.155. The van der Waals surface area contributed by atoms with Gasteiger partial charge in [0.2, 0.25) is 0 Å². The lowest BCUT2D eigenvalue weighted by Gasteiger charge is -2.26. The van der Waals surface area contributed by atoms with Gasteiger partial charge in [0.25, 0.3) is 0 Å². The van der Waals surface area contributed by atoms with E-state index in [1.165, 1.54) is 0 Å². The van der Waals surface area contributed by atoms with E-state index < -0.39 is 5.97 Å². The van der Waals surface area contributed by atoms with Crippen molar-refractivity contribution in [2.75, 3.05) is 0 Å². The van der Waals surface area contributed by atoms with E-state index in [-0.39, 0.29) is 5.92 Å². The number of nitrogens with zero attached hydrogens (tertiary/aromatic N) is 3.